The van der Waals surface area contributed by atoms with Crippen molar-refractivity contribution < 1.29 is 57.3 Å². The van der Waals surface area contributed by atoms with Gasteiger partial charge in [0.05, 0.1) is 58.5 Å². The number of benzene rings is 6. The van der Waals surface area contributed by atoms with E-state index in [0.29, 0.717) is 44.6 Å². The predicted molar refractivity (Wildman–Crippen MR) is 560 cm³/mol. The second kappa shape index (κ2) is 49.9. The Morgan fingerprint density at radius 2 is 0.667 bits per heavy atom. The second-order valence-corrected chi connectivity index (χ2v) is 41.6. The quantitative estimate of drug-likeness (QED) is 0.0137. The van der Waals surface area contributed by atoms with Crippen LogP contribution in [-0.4, -0.2) is 100 Å². The lowest BCUT2D eigenvalue weighted by Crippen LogP contribution is -2.29. The van der Waals surface area contributed by atoms with E-state index in [4.69, 9.17) is 18.9 Å². The van der Waals surface area contributed by atoms with E-state index < -0.39 is 47.5 Å². The zero-order valence-corrected chi connectivity index (χ0v) is 82.4. The SMILES string of the molecule is C.C.C=C(C)C(=O)OCCNC(=O)/C(C#N)=C1/c2ccccc2Sc2ccsc21.C=C(C)C(=O)OCCNC(=O)/C(C#N)=C1/c2ccccc2Sc2sccc21.C=C(C)C(=O)OCCNC(=O)/C(C#N)=C1\c2ccccc2Sc2ccsc21.C=C(C)C(=O)OCCNC(=O)/C(C#N)=C1\c2ccccc2Sc2sccc21.O=c1c2c(sc3ccccc13)C=[C+]S2.O=c1c2ccccc2sc2sccc12. The summed E-state index contributed by atoms with van der Waals surface area (Å²) >= 11 is 19.1. The van der Waals surface area contributed by atoms with E-state index in [1.165, 1.54) is 34.4 Å². The van der Waals surface area contributed by atoms with Crippen LogP contribution >= 0.6 is 138 Å². The van der Waals surface area contributed by atoms with Crippen molar-refractivity contribution in [1.82, 2.24) is 21.3 Å². The van der Waals surface area contributed by atoms with E-state index in [9.17, 15) is 69.0 Å². The van der Waals surface area contributed by atoms with Crippen LogP contribution in [0.5, 0.6) is 0 Å². The first-order valence-corrected chi connectivity index (χ1v) is 51.1. The van der Waals surface area contributed by atoms with Gasteiger partial charge in [-0.05, 0) is 167 Å². The molecule has 0 unspecified atom stereocenters. The molecule has 0 atom stereocenters. The number of hydrogen-bond donors (Lipinski definition) is 4. The summed E-state index contributed by atoms with van der Waals surface area (Å²) in [6, 6.07) is 64.3. The van der Waals surface area contributed by atoms with Crippen molar-refractivity contribution in [3.05, 3.63) is 348 Å². The maximum atomic E-state index is 12.6. The third-order valence-electron chi connectivity index (χ3n) is 19.6. The third kappa shape index (κ3) is 25.0. The largest absolute Gasteiger partial charge is 0.460 e. The summed E-state index contributed by atoms with van der Waals surface area (Å²) in [6.07, 6.45) is 1.89. The average molecular weight is 2050 g/mol. The Hall–Kier alpha value is -13.6. The summed E-state index contributed by atoms with van der Waals surface area (Å²) in [5.74, 6) is -3.99. The minimum atomic E-state index is -0.510. The van der Waals surface area contributed by atoms with Crippen LogP contribution in [0.2, 0.25) is 0 Å². The van der Waals surface area contributed by atoms with Crippen LogP contribution in [0.1, 0.15) is 90.6 Å². The highest BCUT2D eigenvalue weighted by molar-refractivity contribution is 8.02. The molecule has 0 spiro atoms. The van der Waals surface area contributed by atoms with Crippen molar-refractivity contribution in [1.29, 1.82) is 21.0 Å². The summed E-state index contributed by atoms with van der Waals surface area (Å²) < 4.78 is 25.2. The number of nitrogens with one attached hydrogen (secondary N) is 4. The number of thiophene rings is 5. The average Bonchev–Trinajstić information content (AvgIpc) is 1.52. The smallest absolute Gasteiger partial charge is 0.333 e. The number of carbonyl (C=O) groups excluding carboxylic acids is 8. The van der Waals surface area contributed by atoms with E-state index in [2.05, 4.69) is 77.3 Å². The van der Waals surface area contributed by atoms with Crippen molar-refractivity contribution in [3.8, 4) is 24.3 Å². The Kier molecular flexibility index (Phi) is 37.9. The molecule has 6 aromatic carbocycles. The van der Waals surface area contributed by atoms with Gasteiger partial charge in [-0.1, -0.05) is 185 Å². The van der Waals surface area contributed by atoms with Crippen molar-refractivity contribution in [3.63, 3.8) is 0 Å². The molecule has 22 nitrogen and oxygen atoms in total. The number of nitriles is 4. The molecule has 694 valence electrons. The van der Waals surface area contributed by atoms with Crippen LogP contribution in [-0.2, 0) is 57.3 Å². The summed E-state index contributed by atoms with van der Waals surface area (Å²) in [7, 11) is 0. The van der Waals surface area contributed by atoms with Crippen LogP contribution in [0, 0.1) is 50.7 Å². The van der Waals surface area contributed by atoms with Crippen molar-refractivity contribution in [2.24, 2.45) is 0 Å². The zero-order chi connectivity index (χ0) is 96.6. The van der Waals surface area contributed by atoms with Crippen LogP contribution in [0.4, 0.5) is 0 Å². The molecule has 0 bridgehead atoms. The summed E-state index contributed by atoms with van der Waals surface area (Å²) in [5.41, 5.74) is 9.52. The number of nitrogens with zero attached hydrogens (tertiary/aromatic N) is 4. The number of hydrogen-bond acceptors (Lipinski definition) is 30. The van der Waals surface area contributed by atoms with E-state index in [0.717, 1.165) is 120 Å². The lowest BCUT2D eigenvalue weighted by atomic mass is 9.94. The van der Waals surface area contributed by atoms with Crippen molar-refractivity contribution in [2.45, 2.75) is 85.2 Å². The predicted octanol–water partition coefficient (Wildman–Crippen LogP) is 23.0. The van der Waals surface area contributed by atoms with Gasteiger partial charge in [-0.15, -0.1) is 68.0 Å². The van der Waals surface area contributed by atoms with Crippen molar-refractivity contribution >= 4 is 244 Å². The van der Waals surface area contributed by atoms with Gasteiger partial charge in [-0.3, -0.25) is 28.8 Å². The van der Waals surface area contributed by atoms with E-state index >= 15 is 0 Å². The van der Waals surface area contributed by atoms with Gasteiger partial charge in [0.2, 0.25) is 5.43 Å². The minimum Gasteiger partial charge on any atom is -0.460 e. The van der Waals surface area contributed by atoms with Gasteiger partial charge in [0.25, 0.3) is 23.6 Å². The van der Waals surface area contributed by atoms with Gasteiger partial charge in [0, 0.05) is 101 Å². The maximum absolute atomic E-state index is 12.6. The molecule has 13 aromatic rings. The van der Waals surface area contributed by atoms with E-state index in [1.54, 1.807) is 131 Å². The van der Waals surface area contributed by atoms with Crippen LogP contribution in [0.25, 0.3) is 57.9 Å². The molecule has 18 rings (SSSR count). The lowest BCUT2D eigenvalue weighted by molar-refractivity contribution is -0.139. The van der Waals surface area contributed by atoms with Crippen LogP contribution in [0.15, 0.2) is 326 Å². The molecule has 0 saturated carbocycles. The van der Waals surface area contributed by atoms with E-state index in [-0.39, 0.29) is 101 Å². The Bertz CT molecular complexity index is 6860. The monoisotopic (exact) mass is 2050 g/mol. The molecule has 34 heteroatoms. The number of amides is 4. The normalized spacial score (nSPS) is 13.1. The fraction of sp³-hybridized carbons (Fsp3) is 0.135. The van der Waals surface area contributed by atoms with Gasteiger partial charge in [0.1, 0.15) is 84.8 Å². The number of esters is 4. The number of rotatable bonds is 20. The maximum Gasteiger partial charge on any atom is 0.333 e. The zero-order valence-electron chi connectivity index (χ0n) is 72.6. The standard InChI is InChI=1S/4C20H16N2O3S2.C11H6OS2.C11H5OS2.2CH4/c2*1-12(2)20(24)25-9-8-22-19(23)14(11-21)17-13-5-3-4-6-15(13)27-16-7-10-26-18(16)17;2*1-12(2)19(24)25-9-8-22-18(23)15(11-21)17-13-5-3-4-6-16(13)27-20-14(17)7-10-26-20;12-10-7-3-1-2-4-9(7)14-11-8(10)5-6-13-11;12-10-7-3-1-2-4-8(7)14-9-5-6-13-11(9)10;;/h4*3-7,10H,1,8-9H2,2H3,(H,22,23);1-6H;1-5H;2*1H4/q;;;;;+1;;/b17-14+;17-14-;17-15+;17-15-;;;;. The highest BCUT2D eigenvalue weighted by Crippen LogP contribution is 2.53. The van der Waals surface area contributed by atoms with Gasteiger partial charge in [-0.2, -0.15) is 21.0 Å². The summed E-state index contributed by atoms with van der Waals surface area (Å²) in [5, 5.41) is 64.6. The Morgan fingerprint density at radius 3 is 1.04 bits per heavy atom. The first-order valence-electron chi connectivity index (χ1n) is 40.9. The molecule has 138 heavy (non-hydrogen) atoms. The first-order chi connectivity index (χ1) is 65.8. The number of carbonyl (C=O) groups is 8. The number of fused-ring (bicyclic) bond motifs is 12. The Labute approximate surface area is 845 Å². The summed E-state index contributed by atoms with van der Waals surface area (Å²) in [4.78, 5) is 130. The molecule has 0 aliphatic carbocycles. The van der Waals surface area contributed by atoms with E-state index in [1.807, 2.05) is 209 Å². The van der Waals surface area contributed by atoms with Crippen LogP contribution < -0.4 is 32.1 Å². The Morgan fingerprint density at radius 1 is 0.348 bits per heavy atom. The molecule has 5 aliphatic heterocycles. The van der Waals surface area contributed by atoms with Gasteiger partial charge in [0.15, 0.2) is 26.7 Å². The van der Waals surface area contributed by atoms with Gasteiger partial charge < -0.3 is 40.2 Å². The lowest BCUT2D eigenvalue weighted by Gasteiger charge is -2.20. The highest BCUT2D eigenvalue weighted by Gasteiger charge is 2.34. The summed E-state index contributed by atoms with van der Waals surface area (Å²) in [6.45, 7) is 20.7. The molecule has 0 fully saturated rings. The third-order valence-corrected chi connectivity index (χ3v) is 32.7. The fourth-order valence-electron chi connectivity index (χ4n) is 13.3. The highest BCUT2D eigenvalue weighted by atomic mass is 32.2. The molecule has 7 aromatic heterocycles. The molecular weight excluding hydrogens is 1970 g/mol. The molecule has 4 N–H and O–H groups in total. The van der Waals surface area contributed by atoms with Gasteiger partial charge in [-0.25, -0.2) is 19.2 Å². The molecule has 5 aliphatic rings. The minimum absolute atomic E-state index is 0. The molecule has 12 heterocycles. The first kappa shape index (κ1) is 105. The molecule has 0 radical (unpaired) electrons. The number of thioether (sulfide) groups is 1. The number of ether oxygens (including phenoxy) is 4. The van der Waals surface area contributed by atoms with Gasteiger partial charge >= 0.3 is 23.9 Å². The van der Waals surface area contributed by atoms with Crippen LogP contribution in [0.3, 0.4) is 0 Å². The molecule has 4 amide bonds. The topological polar surface area (TPSA) is 351 Å². The van der Waals surface area contributed by atoms with Crippen molar-refractivity contribution in [2.75, 3.05) is 52.6 Å². The molecule has 0 saturated heterocycles. The molecular formula is C104H83N8O14S12+. The fourth-order valence-corrected chi connectivity index (χ4v) is 26.1. The second-order valence-electron chi connectivity index (χ2n) is 29.0. The Balaban J connectivity index is 0.000000161.